The molecule has 128 valence electrons. The lowest BCUT2D eigenvalue weighted by molar-refractivity contribution is -0.158. The first-order valence-electron chi connectivity index (χ1n) is 8.70. The summed E-state index contributed by atoms with van der Waals surface area (Å²) < 4.78 is 10.8. The van der Waals surface area contributed by atoms with Gasteiger partial charge in [-0.05, 0) is 51.3 Å². The maximum atomic E-state index is 11.9. The molecule has 1 fully saturated rings. The van der Waals surface area contributed by atoms with Crippen LogP contribution in [-0.2, 0) is 16.1 Å². The Morgan fingerprint density at radius 3 is 2.43 bits per heavy atom. The number of benzene rings is 1. The van der Waals surface area contributed by atoms with Crippen LogP contribution in [0.25, 0.3) is 0 Å². The zero-order valence-electron chi connectivity index (χ0n) is 14.6. The van der Waals surface area contributed by atoms with E-state index in [4.69, 9.17) is 9.47 Å². The van der Waals surface area contributed by atoms with Crippen molar-refractivity contribution < 1.29 is 14.3 Å². The second-order valence-corrected chi connectivity index (χ2v) is 6.69. The molecular formula is C19H29NO3. The second kappa shape index (κ2) is 8.34. The van der Waals surface area contributed by atoms with Crippen LogP contribution >= 0.6 is 0 Å². The molecule has 0 amide bonds. The van der Waals surface area contributed by atoms with Gasteiger partial charge < -0.3 is 14.8 Å². The summed E-state index contributed by atoms with van der Waals surface area (Å²) in [6.45, 7) is 6.48. The van der Waals surface area contributed by atoms with Gasteiger partial charge in [-0.25, -0.2) is 4.79 Å². The number of nitrogens with one attached hydrogen (secondary N) is 1. The predicted molar refractivity (Wildman–Crippen MR) is 91.5 cm³/mol. The Balaban J connectivity index is 1.85. The number of hydrogen-bond donors (Lipinski definition) is 1. The number of carbonyl (C=O) groups is 1. The molecule has 1 aliphatic rings. The third-order valence-corrected chi connectivity index (χ3v) is 4.26. The van der Waals surface area contributed by atoms with Crippen molar-refractivity contribution in [1.29, 1.82) is 0 Å². The van der Waals surface area contributed by atoms with Crippen molar-refractivity contribution in [3.63, 3.8) is 0 Å². The first kappa shape index (κ1) is 17.8. The van der Waals surface area contributed by atoms with Gasteiger partial charge in [-0.2, -0.15) is 0 Å². The normalized spacial score (nSPS) is 16.1. The van der Waals surface area contributed by atoms with Gasteiger partial charge in [-0.1, -0.05) is 31.4 Å². The maximum absolute atomic E-state index is 11.9. The molecule has 0 saturated heterocycles. The summed E-state index contributed by atoms with van der Waals surface area (Å²) in [7, 11) is 0. The predicted octanol–water partition coefficient (Wildman–Crippen LogP) is 3.83. The summed E-state index contributed by atoms with van der Waals surface area (Å²) in [5.41, 5.74) is 0.259. The lowest BCUT2D eigenvalue weighted by atomic mass is 9.95. The molecule has 4 nitrogen and oxygen atoms in total. The fraction of sp³-hybridized carbons (Fsp3) is 0.632. The first-order valence-corrected chi connectivity index (χ1v) is 8.70. The third-order valence-electron chi connectivity index (χ3n) is 4.26. The van der Waals surface area contributed by atoms with Crippen molar-refractivity contribution in [1.82, 2.24) is 5.32 Å². The molecule has 0 spiro atoms. The summed E-state index contributed by atoms with van der Waals surface area (Å²) >= 11 is 0. The van der Waals surface area contributed by atoms with Gasteiger partial charge in [-0.3, -0.25) is 0 Å². The van der Waals surface area contributed by atoms with Crippen LogP contribution in [0.3, 0.4) is 0 Å². The molecule has 0 aliphatic heterocycles. The van der Waals surface area contributed by atoms with Gasteiger partial charge in [0, 0.05) is 12.6 Å². The van der Waals surface area contributed by atoms with Crippen molar-refractivity contribution in [2.45, 2.75) is 71.1 Å². The van der Waals surface area contributed by atoms with Crippen LogP contribution in [0.15, 0.2) is 24.3 Å². The monoisotopic (exact) mass is 319 g/mol. The van der Waals surface area contributed by atoms with E-state index in [0.717, 1.165) is 6.54 Å². The van der Waals surface area contributed by atoms with Gasteiger partial charge in [-0.15, -0.1) is 0 Å². The number of esters is 1. The number of ether oxygens (including phenoxy) is 2. The number of carbonyl (C=O) groups excluding carboxylic acids is 1. The molecule has 0 bridgehead atoms. The summed E-state index contributed by atoms with van der Waals surface area (Å²) in [5.74, 6) is 0.340. The van der Waals surface area contributed by atoms with Crippen LogP contribution < -0.4 is 10.1 Å². The third kappa shape index (κ3) is 5.54. The molecule has 0 atom stereocenters. The van der Waals surface area contributed by atoms with Crippen LogP contribution in [0.5, 0.6) is 5.75 Å². The van der Waals surface area contributed by atoms with Gasteiger partial charge in [0.15, 0.2) is 5.60 Å². The smallest absolute Gasteiger partial charge is 0.349 e. The summed E-state index contributed by atoms with van der Waals surface area (Å²) in [6, 6.07) is 8.58. The van der Waals surface area contributed by atoms with E-state index in [-0.39, 0.29) is 5.97 Å². The highest BCUT2D eigenvalue weighted by Gasteiger charge is 2.31. The molecule has 1 N–H and O–H groups in total. The highest BCUT2D eigenvalue weighted by atomic mass is 16.6. The fourth-order valence-corrected chi connectivity index (χ4v) is 2.89. The van der Waals surface area contributed by atoms with Gasteiger partial charge in [0.25, 0.3) is 0 Å². The van der Waals surface area contributed by atoms with E-state index in [2.05, 4.69) is 5.32 Å². The zero-order valence-corrected chi connectivity index (χ0v) is 14.6. The molecule has 1 aromatic carbocycles. The van der Waals surface area contributed by atoms with E-state index in [1.165, 1.54) is 37.7 Å². The minimum atomic E-state index is -0.974. The van der Waals surface area contributed by atoms with Crippen molar-refractivity contribution >= 4 is 5.97 Å². The topological polar surface area (TPSA) is 47.6 Å². The van der Waals surface area contributed by atoms with Crippen molar-refractivity contribution in [3.8, 4) is 5.75 Å². The van der Waals surface area contributed by atoms with Crippen LogP contribution in [0.4, 0.5) is 0 Å². The molecule has 0 aromatic heterocycles. The largest absolute Gasteiger partial charge is 0.476 e. The van der Waals surface area contributed by atoms with Crippen LogP contribution in [0.1, 0.15) is 58.4 Å². The molecule has 2 rings (SSSR count). The lowest BCUT2D eigenvalue weighted by Crippen LogP contribution is -2.39. The average Bonchev–Trinajstić information content (AvgIpc) is 2.55. The summed E-state index contributed by atoms with van der Waals surface area (Å²) in [5, 5.41) is 3.63. The number of rotatable bonds is 7. The highest BCUT2D eigenvalue weighted by Crippen LogP contribution is 2.21. The Labute approximate surface area is 139 Å². The molecular weight excluding hydrogens is 290 g/mol. The van der Waals surface area contributed by atoms with Crippen LogP contribution in [0.2, 0.25) is 0 Å². The van der Waals surface area contributed by atoms with E-state index >= 15 is 0 Å². The Morgan fingerprint density at radius 2 is 1.83 bits per heavy atom. The van der Waals surface area contributed by atoms with E-state index in [0.29, 0.717) is 18.4 Å². The Kier molecular flexibility index (Phi) is 6.46. The van der Waals surface area contributed by atoms with E-state index in [1.54, 1.807) is 20.8 Å². The van der Waals surface area contributed by atoms with E-state index in [9.17, 15) is 4.79 Å². The van der Waals surface area contributed by atoms with Gasteiger partial charge in [0.05, 0.1) is 6.61 Å². The Bertz CT molecular complexity index is 490. The summed E-state index contributed by atoms with van der Waals surface area (Å²) in [4.78, 5) is 11.9. The first-order chi connectivity index (χ1) is 11.0. The SMILES string of the molecule is CCOC(=O)C(C)(C)Oc1ccc(CNC2CCCCC2)cc1. The Hall–Kier alpha value is -1.55. The van der Waals surface area contributed by atoms with E-state index < -0.39 is 5.60 Å². The van der Waals surface area contributed by atoms with Crippen molar-refractivity contribution in [2.24, 2.45) is 0 Å². The maximum Gasteiger partial charge on any atom is 0.349 e. The molecule has 1 aromatic rings. The second-order valence-electron chi connectivity index (χ2n) is 6.69. The minimum Gasteiger partial charge on any atom is -0.476 e. The molecule has 23 heavy (non-hydrogen) atoms. The van der Waals surface area contributed by atoms with Crippen molar-refractivity contribution in [2.75, 3.05) is 6.61 Å². The molecule has 0 unspecified atom stereocenters. The highest BCUT2D eigenvalue weighted by molar-refractivity contribution is 5.79. The van der Waals surface area contributed by atoms with Gasteiger partial charge in [0.1, 0.15) is 5.75 Å². The van der Waals surface area contributed by atoms with Gasteiger partial charge >= 0.3 is 5.97 Å². The molecule has 1 aliphatic carbocycles. The molecule has 0 radical (unpaired) electrons. The summed E-state index contributed by atoms with van der Waals surface area (Å²) in [6.07, 6.45) is 6.63. The zero-order chi connectivity index (χ0) is 16.7. The van der Waals surface area contributed by atoms with Crippen LogP contribution in [-0.4, -0.2) is 24.2 Å². The molecule has 4 heteroatoms. The van der Waals surface area contributed by atoms with E-state index in [1.807, 2.05) is 24.3 Å². The van der Waals surface area contributed by atoms with Gasteiger partial charge in [0.2, 0.25) is 0 Å². The molecule has 0 heterocycles. The fourth-order valence-electron chi connectivity index (χ4n) is 2.89. The minimum absolute atomic E-state index is 0.344. The quantitative estimate of drug-likeness (QED) is 0.776. The lowest BCUT2D eigenvalue weighted by Gasteiger charge is -2.24. The van der Waals surface area contributed by atoms with Crippen molar-refractivity contribution in [3.05, 3.63) is 29.8 Å². The Morgan fingerprint density at radius 1 is 1.17 bits per heavy atom. The number of hydrogen-bond acceptors (Lipinski definition) is 4. The molecule has 1 saturated carbocycles. The van der Waals surface area contributed by atoms with Crippen LogP contribution in [0, 0.1) is 0 Å². The average molecular weight is 319 g/mol. The standard InChI is InChI=1S/C19H29NO3/c1-4-22-18(21)19(2,3)23-17-12-10-15(11-13-17)14-20-16-8-6-5-7-9-16/h10-13,16,20H,4-9,14H2,1-3H3.